The third-order valence-electron chi connectivity index (χ3n) is 2.32. The maximum Gasteiger partial charge on any atom is 0.264 e. The molecule has 1 N–H and O–H groups in total. The second-order valence-electron chi connectivity index (χ2n) is 3.75. The molecule has 0 aliphatic heterocycles. The van der Waals surface area contributed by atoms with Crippen LogP contribution in [0.3, 0.4) is 0 Å². The number of nitrogens with zero attached hydrogens (tertiary/aromatic N) is 2. The number of hydrogen-bond acceptors (Lipinski definition) is 4. The van der Waals surface area contributed by atoms with Crippen LogP contribution < -0.4 is 0 Å². The van der Waals surface area contributed by atoms with Gasteiger partial charge in [0.1, 0.15) is 6.10 Å². The van der Waals surface area contributed by atoms with E-state index in [1.165, 1.54) is 6.07 Å². The molecule has 8 heteroatoms. The van der Waals surface area contributed by atoms with Gasteiger partial charge in [0.25, 0.3) is 6.43 Å². The van der Waals surface area contributed by atoms with Gasteiger partial charge < -0.3 is 9.63 Å². The summed E-state index contributed by atoms with van der Waals surface area (Å²) in [5.41, 5.74) is 0.139. The van der Waals surface area contributed by atoms with Crippen LogP contribution in [0, 0.1) is 11.6 Å². The molecule has 0 bridgehead atoms. The van der Waals surface area contributed by atoms with E-state index < -0.39 is 30.6 Å². The van der Waals surface area contributed by atoms with Crippen molar-refractivity contribution >= 4 is 0 Å². The van der Waals surface area contributed by atoms with Crippen molar-refractivity contribution < 1.29 is 27.2 Å². The molecule has 2 aromatic rings. The second kappa shape index (κ2) is 5.35. The van der Waals surface area contributed by atoms with E-state index in [1.54, 1.807) is 0 Å². The van der Waals surface area contributed by atoms with Gasteiger partial charge in [-0.05, 0) is 18.2 Å². The molecule has 2 rings (SSSR count). The summed E-state index contributed by atoms with van der Waals surface area (Å²) in [7, 11) is 0. The molecule has 102 valence electrons. The number of hydrogen-bond donors (Lipinski definition) is 1. The summed E-state index contributed by atoms with van der Waals surface area (Å²) < 4.78 is 54.6. The van der Waals surface area contributed by atoms with Crippen molar-refractivity contribution in [3.05, 3.63) is 35.7 Å². The number of alkyl halides is 2. The maximum atomic E-state index is 13.0. The normalized spacial score (nSPS) is 12.9. The molecule has 0 spiro atoms. The third kappa shape index (κ3) is 3.08. The number of benzene rings is 1. The molecule has 0 radical (unpaired) electrons. The third-order valence-corrected chi connectivity index (χ3v) is 2.32. The molecule has 0 aliphatic rings. The molecule has 1 aromatic heterocycles. The molecule has 1 unspecified atom stereocenters. The van der Waals surface area contributed by atoms with Crippen LogP contribution in [0.5, 0.6) is 0 Å². The lowest BCUT2D eigenvalue weighted by Crippen LogP contribution is -2.20. The van der Waals surface area contributed by atoms with Gasteiger partial charge in [0.05, 0.1) is 6.42 Å². The number of aromatic nitrogens is 2. The van der Waals surface area contributed by atoms with E-state index in [2.05, 4.69) is 14.7 Å². The Kier molecular flexibility index (Phi) is 3.79. The first kappa shape index (κ1) is 13.5. The molecule has 1 heterocycles. The average molecular weight is 276 g/mol. The van der Waals surface area contributed by atoms with Gasteiger partial charge in [0, 0.05) is 5.56 Å². The summed E-state index contributed by atoms with van der Waals surface area (Å²) in [5, 5.41) is 12.4. The Morgan fingerprint density at radius 3 is 2.58 bits per heavy atom. The highest BCUT2D eigenvalue weighted by molar-refractivity contribution is 5.54. The zero-order chi connectivity index (χ0) is 14.0. The van der Waals surface area contributed by atoms with Gasteiger partial charge in [0.15, 0.2) is 11.6 Å². The van der Waals surface area contributed by atoms with Crippen molar-refractivity contribution in [2.45, 2.75) is 19.0 Å². The van der Waals surface area contributed by atoms with Crippen LogP contribution in [0.15, 0.2) is 22.7 Å². The van der Waals surface area contributed by atoms with Gasteiger partial charge in [-0.3, -0.25) is 0 Å². The number of aliphatic hydroxyl groups excluding tert-OH is 1. The van der Waals surface area contributed by atoms with Gasteiger partial charge in [-0.1, -0.05) is 5.16 Å². The van der Waals surface area contributed by atoms with E-state index in [0.717, 1.165) is 12.1 Å². The van der Waals surface area contributed by atoms with E-state index in [4.69, 9.17) is 5.11 Å². The zero-order valence-electron chi connectivity index (χ0n) is 9.36. The highest BCUT2D eigenvalue weighted by Gasteiger charge is 2.21. The fraction of sp³-hybridized carbons (Fsp3) is 0.273. The van der Waals surface area contributed by atoms with Gasteiger partial charge in [0.2, 0.25) is 11.7 Å². The van der Waals surface area contributed by atoms with E-state index in [1.807, 2.05) is 0 Å². The Labute approximate surface area is 104 Å². The molecular weight excluding hydrogens is 268 g/mol. The van der Waals surface area contributed by atoms with E-state index in [-0.39, 0.29) is 17.3 Å². The van der Waals surface area contributed by atoms with Gasteiger partial charge in [-0.15, -0.1) is 0 Å². The molecule has 0 aliphatic carbocycles. The van der Waals surface area contributed by atoms with E-state index in [9.17, 15) is 17.6 Å². The van der Waals surface area contributed by atoms with Crippen LogP contribution in [0.2, 0.25) is 0 Å². The molecule has 0 fully saturated rings. The number of rotatable bonds is 4. The second-order valence-corrected chi connectivity index (χ2v) is 3.75. The first-order chi connectivity index (χ1) is 8.97. The molecule has 4 nitrogen and oxygen atoms in total. The lowest BCUT2D eigenvalue weighted by Gasteiger charge is -2.04. The lowest BCUT2D eigenvalue weighted by molar-refractivity contribution is -0.00754. The van der Waals surface area contributed by atoms with Crippen LogP contribution in [0.25, 0.3) is 11.4 Å². The predicted octanol–water partition coefficient (Wildman–Crippen LogP) is 2.18. The Morgan fingerprint density at radius 1 is 1.21 bits per heavy atom. The van der Waals surface area contributed by atoms with E-state index >= 15 is 0 Å². The van der Waals surface area contributed by atoms with Gasteiger partial charge in [-0.2, -0.15) is 4.98 Å². The summed E-state index contributed by atoms with van der Waals surface area (Å²) in [6, 6.07) is 2.96. The topological polar surface area (TPSA) is 59.2 Å². The molecule has 1 atom stereocenters. The largest absolute Gasteiger partial charge is 0.387 e. The number of halogens is 4. The van der Waals surface area contributed by atoms with Crippen LogP contribution in [-0.4, -0.2) is 27.8 Å². The first-order valence-electron chi connectivity index (χ1n) is 5.21. The molecule has 0 saturated carbocycles. The van der Waals surface area contributed by atoms with Crippen LogP contribution in [0.1, 0.15) is 5.89 Å². The minimum Gasteiger partial charge on any atom is -0.387 e. The monoisotopic (exact) mass is 276 g/mol. The van der Waals surface area contributed by atoms with Crippen LogP contribution in [0.4, 0.5) is 17.6 Å². The van der Waals surface area contributed by atoms with Crippen molar-refractivity contribution in [3.8, 4) is 11.4 Å². The van der Waals surface area contributed by atoms with Crippen LogP contribution >= 0.6 is 0 Å². The SMILES string of the molecule is OC(Cc1nc(-c2ccc(F)c(F)c2)no1)C(F)F. The van der Waals surface area contributed by atoms with Crippen molar-refractivity contribution in [3.63, 3.8) is 0 Å². The lowest BCUT2D eigenvalue weighted by atomic mass is 10.2. The summed E-state index contributed by atoms with van der Waals surface area (Å²) in [4.78, 5) is 3.71. The van der Waals surface area contributed by atoms with E-state index in [0.29, 0.717) is 0 Å². The molecule has 0 amide bonds. The van der Waals surface area contributed by atoms with Crippen LogP contribution in [-0.2, 0) is 6.42 Å². The summed E-state index contributed by atoms with van der Waals surface area (Å²) in [6.07, 6.45) is -5.37. The summed E-state index contributed by atoms with van der Waals surface area (Å²) in [5.74, 6) is -2.40. The average Bonchev–Trinajstić information content (AvgIpc) is 2.81. The summed E-state index contributed by atoms with van der Waals surface area (Å²) in [6.45, 7) is 0. The molecular formula is C11H8F4N2O2. The van der Waals surface area contributed by atoms with Crippen molar-refractivity contribution in [2.75, 3.05) is 0 Å². The predicted molar refractivity (Wildman–Crippen MR) is 55.4 cm³/mol. The minimum absolute atomic E-state index is 0.0737. The maximum absolute atomic E-state index is 13.0. The number of aliphatic hydroxyl groups is 1. The van der Waals surface area contributed by atoms with Crippen molar-refractivity contribution in [2.24, 2.45) is 0 Å². The highest BCUT2D eigenvalue weighted by atomic mass is 19.3. The summed E-state index contributed by atoms with van der Waals surface area (Å²) >= 11 is 0. The molecule has 0 saturated heterocycles. The van der Waals surface area contributed by atoms with Crippen molar-refractivity contribution in [1.29, 1.82) is 0 Å². The fourth-order valence-corrected chi connectivity index (χ4v) is 1.36. The van der Waals surface area contributed by atoms with Gasteiger partial charge >= 0.3 is 0 Å². The van der Waals surface area contributed by atoms with Crippen molar-refractivity contribution in [1.82, 2.24) is 10.1 Å². The zero-order valence-corrected chi connectivity index (χ0v) is 9.36. The van der Waals surface area contributed by atoms with Gasteiger partial charge in [-0.25, -0.2) is 17.6 Å². The Morgan fingerprint density at radius 2 is 1.95 bits per heavy atom. The Bertz CT molecular complexity index is 574. The highest BCUT2D eigenvalue weighted by Crippen LogP contribution is 2.19. The first-order valence-corrected chi connectivity index (χ1v) is 5.21. The fourth-order valence-electron chi connectivity index (χ4n) is 1.36. The molecule has 1 aromatic carbocycles. The Balaban J connectivity index is 2.18. The Hall–Kier alpha value is -1.96. The standard InChI is InChI=1S/C11H8F4N2O2/c12-6-2-1-5(3-7(6)13)11-16-9(19-17-11)4-8(18)10(14)15/h1-3,8,10,18H,4H2. The minimum atomic E-state index is -2.93. The molecule has 19 heavy (non-hydrogen) atoms. The smallest absolute Gasteiger partial charge is 0.264 e. The quantitative estimate of drug-likeness (QED) is 0.869.